The van der Waals surface area contributed by atoms with E-state index in [2.05, 4.69) is 30.9 Å². The number of thioether (sulfide) groups is 1. The SMILES string of the molecule is CSCCC(NC(=O)C(Cc1c[nH]c2ccccc12)NC(=O)C(Cc1cnc[nH]1)NC(=O)C(N)C(C)O)C(=O)O. The molecular weight excluding hydrogens is 538 g/mol. The highest BCUT2D eigenvalue weighted by atomic mass is 32.2. The number of aliphatic hydroxyl groups excluding tert-OH is 1. The van der Waals surface area contributed by atoms with Gasteiger partial charge < -0.3 is 41.9 Å². The van der Waals surface area contributed by atoms with Gasteiger partial charge in [-0.25, -0.2) is 9.78 Å². The summed E-state index contributed by atoms with van der Waals surface area (Å²) in [5.41, 5.74) is 7.86. The number of rotatable bonds is 15. The number of carboxylic acid groups (broad SMARTS) is 1. The van der Waals surface area contributed by atoms with Gasteiger partial charge in [0.1, 0.15) is 24.2 Å². The first-order chi connectivity index (χ1) is 19.1. The minimum atomic E-state index is -1.28. The lowest BCUT2D eigenvalue weighted by Crippen LogP contribution is -2.59. The number of carbonyl (C=O) groups excluding carboxylic acids is 3. The molecule has 3 aromatic rings. The Labute approximate surface area is 235 Å². The second-order valence-electron chi connectivity index (χ2n) is 9.41. The number of nitrogens with two attached hydrogens (primary N) is 1. The Morgan fingerprint density at radius 3 is 2.27 bits per heavy atom. The van der Waals surface area contributed by atoms with E-state index in [-0.39, 0.29) is 19.3 Å². The fourth-order valence-corrected chi connectivity index (χ4v) is 4.55. The van der Waals surface area contributed by atoms with E-state index in [9.17, 15) is 29.4 Å². The van der Waals surface area contributed by atoms with Gasteiger partial charge in [0, 0.05) is 41.8 Å². The van der Waals surface area contributed by atoms with Crippen molar-refractivity contribution in [3.63, 3.8) is 0 Å². The zero-order valence-electron chi connectivity index (χ0n) is 22.2. The number of carbonyl (C=O) groups is 4. The Kier molecular flexibility index (Phi) is 11.1. The number of aromatic nitrogens is 3. The largest absolute Gasteiger partial charge is 0.480 e. The number of aliphatic carboxylic acids is 1. The highest BCUT2D eigenvalue weighted by Gasteiger charge is 2.32. The molecule has 2 aromatic heterocycles. The average Bonchev–Trinajstić information content (AvgIpc) is 3.59. The predicted octanol–water partition coefficient (Wildman–Crippen LogP) is -0.324. The van der Waals surface area contributed by atoms with Crippen molar-refractivity contribution in [3.05, 3.63) is 54.2 Å². The highest BCUT2D eigenvalue weighted by Crippen LogP contribution is 2.19. The molecule has 40 heavy (non-hydrogen) atoms. The molecule has 0 radical (unpaired) electrons. The van der Waals surface area contributed by atoms with Crippen molar-refractivity contribution >= 4 is 46.4 Å². The van der Waals surface area contributed by atoms with Crippen LogP contribution in [0.4, 0.5) is 0 Å². The Morgan fingerprint density at radius 2 is 1.65 bits per heavy atom. The number of aromatic amines is 2. The maximum absolute atomic E-state index is 13.5. The number of para-hydroxylation sites is 1. The van der Waals surface area contributed by atoms with Gasteiger partial charge in [-0.3, -0.25) is 14.4 Å². The molecule has 2 heterocycles. The summed E-state index contributed by atoms with van der Waals surface area (Å²) in [5.74, 6) is -2.80. The van der Waals surface area contributed by atoms with Crippen LogP contribution in [0.2, 0.25) is 0 Å². The van der Waals surface area contributed by atoms with Gasteiger partial charge in [0.25, 0.3) is 0 Å². The van der Waals surface area contributed by atoms with Crippen LogP contribution in [-0.4, -0.2) is 91.1 Å². The molecular formula is C26H35N7O6S. The van der Waals surface area contributed by atoms with Crippen molar-refractivity contribution < 1.29 is 29.4 Å². The molecule has 0 aliphatic heterocycles. The zero-order chi connectivity index (χ0) is 29.2. The Morgan fingerprint density at radius 1 is 1.00 bits per heavy atom. The minimum Gasteiger partial charge on any atom is -0.480 e. The van der Waals surface area contributed by atoms with Crippen molar-refractivity contribution in [1.29, 1.82) is 0 Å². The maximum atomic E-state index is 13.5. The van der Waals surface area contributed by atoms with Crippen LogP contribution in [-0.2, 0) is 32.0 Å². The molecule has 13 nitrogen and oxygen atoms in total. The lowest BCUT2D eigenvalue weighted by molar-refractivity contribution is -0.142. The van der Waals surface area contributed by atoms with Crippen molar-refractivity contribution in [2.45, 2.75) is 56.5 Å². The third kappa shape index (κ3) is 8.31. The first-order valence-electron chi connectivity index (χ1n) is 12.7. The zero-order valence-corrected chi connectivity index (χ0v) is 23.0. The van der Waals surface area contributed by atoms with Gasteiger partial charge in [-0.2, -0.15) is 11.8 Å². The molecule has 0 spiro atoms. The Bertz CT molecular complexity index is 1300. The summed E-state index contributed by atoms with van der Waals surface area (Å²) < 4.78 is 0. The number of H-pyrrole nitrogens is 2. The standard InChI is InChI=1S/C26H35N7O6S/c1-14(34)22(27)25(37)33-21(10-16-12-28-13-30-16)24(36)32-20(23(35)31-19(26(38)39)7-8-40-2)9-15-11-29-18-6-4-3-5-17(15)18/h3-6,11-14,19-22,29,34H,7-10,27H2,1-2H3,(H,28,30)(H,31,35)(H,32,36)(H,33,37)(H,38,39). The minimum absolute atomic E-state index is 0.00297. The van der Waals surface area contributed by atoms with Gasteiger partial charge in [-0.1, -0.05) is 18.2 Å². The van der Waals surface area contributed by atoms with Crippen LogP contribution in [0.1, 0.15) is 24.6 Å². The summed E-state index contributed by atoms with van der Waals surface area (Å²) in [6, 6.07) is 2.67. The van der Waals surface area contributed by atoms with E-state index >= 15 is 0 Å². The molecule has 9 N–H and O–H groups in total. The second kappa shape index (κ2) is 14.5. The summed E-state index contributed by atoms with van der Waals surface area (Å²) >= 11 is 1.45. The molecule has 14 heteroatoms. The summed E-state index contributed by atoms with van der Waals surface area (Å²) in [6.07, 6.45) is 5.55. The molecule has 0 fully saturated rings. The molecule has 0 aliphatic carbocycles. The molecule has 5 unspecified atom stereocenters. The van der Waals surface area contributed by atoms with Gasteiger partial charge in [0.15, 0.2) is 0 Å². The number of benzene rings is 1. The highest BCUT2D eigenvalue weighted by molar-refractivity contribution is 7.98. The van der Waals surface area contributed by atoms with Crippen LogP contribution in [0.5, 0.6) is 0 Å². The average molecular weight is 574 g/mol. The predicted molar refractivity (Wildman–Crippen MR) is 150 cm³/mol. The topological polar surface area (TPSA) is 215 Å². The monoisotopic (exact) mass is 573 g/mol. The number of nitrogens with one attached hydrogen (secondary N) is 5. The number of hydrogen-bond acceptors (Lipinski definition) is 8. The maximum Gasteiger partial charge on any atom is 0.326 e. The van der Waals surface area contributed by atoms with E-state index in [1.54, 1.807) is 6.20 Å². The number of aliphatic hydroxyl groups is 1. The van der Waals surface area contributed by atoms with Gasteiger partial charge in [0.05, 0.1) is 12.4 Å². The van der Waals surface area contributed by atoms with Gasteiger partial charge in [-0.15, -0.1) is 0 Å². The molecule has 0 saturated carbocycles. The van der Waals surface area contributed by atoms with Gasteiger partial charge >= 0.3 is 5.97 Å². The van der Waals surface area contributed by atoms with Crippen LogP contribution in [0, 0.1) is 0 Å². The van der Waals surface area contributed by atoms with E-state index in [1.165, 1.54) is 31.2 Å². The molecule has 1 aromatic carbocycles. The summed E-state index contributed by atoms with van der Waals surface area (Å²) in [6.45, 7) is 1.35. The van der Waals surface area contributed by atoms with E-state index in [0.29, 0.717) is 11.4 Å². The van der Waals surface area contributed by atoms with Crippen LogP contribution < -0.4 is 21.7 Å². The molecule has 3 rings (SSSR count). The van der Waals surface area contributed by atoms with Crippen molar-refractivity contribution in [3.8, 4) is 0 Å². The molecule has 0 saturated heterocycles. The molecule has 3 amide bonds. The smallest absolute Gasteiger partial charge is 0.326 e. The quantitative estimate of drug-likeness (QED) is 0.119. The molecule has 216 valence electrons. The van der Waals surface area contributed by atoms with Crippen LogP contribution >= 0.6 is 11.8 Å². The first kappa shape index (κ1) is 30.7. The van der Waals surface area contributed by atoms with Crippen molar-refractivity contribution in [2.75, 3.05) is 12.0 Å². The molecule has 0 aliphatic rings. The van der Waals surface area contributed by atoms with Crippen molar-refractivity contribution in [1.82, 2.24) is 30.9 Å². The Balaban J connectivity index is 1.87. The van der Waals surface area contributed by atoms with E-state index in [4.69, 9.17) is 5.73 Å². The fraction of sp³-hybridized carbons (Fsp3) is 0.423. The second-order valence-corrected chi connectivity index (χ2v) is 10.4. The molecule has 5 atom stereocenters. The van der Waals surface area contributed by atoms with Crippen molar-refractivity contribution in [2.24, 2.45) is 5.73 Å². The summed E-state index contributed by atoms with van der Waals surface area (Å²) in [7, 11) is 0. The van der Waals surface area contributed by atoms with Gasteiger partial charge in [0.2, 0.25) is 17.7 Å². The van der Waals surface area contributed by atoms with Crippen LogP contribution in [0.15, 0.2) is 43.0 Å². The van der Waals surface area contributed by atoms with E-state index in [1.807, 2.05) is 30.5 Å². The summed E-state index contributed by atoms with van der Waals surface area (Å²) in [4.78, 5) is 61.3. The third-order valence-corrected chi connectivity index (χ3v) is 7.04. The third-order valence-electron chi connectivity index (χ3n) is 6.39. The fourth-order valence-electron chi connectivity index (χ4n) is 4.08. The number of hydrogen-bond donors (Lipinski definition) is 8. The lowest BCUT2D eigenvalue weighted by atomic mass is 10.0. The van der Waals surface area contributed by atoms with Crippen LogP contribution in [0.25, 0.3) is 10.9 Å². The van der Waals surface area contributed by atoms with E-state index < -0.39 is 54.0 Å². The first-order valence-corrected chi connectivity index (χ1v) is 14.1. The molecule has 0 bridgehead atoms. The number of amides is 3. The Hall–Kier alpha value is -3.88. The summed E-state index contributed by atoms with van der Waals surface area (Å²) in [5, 5.41) is 28.0. The normalized spacial score (nSPS) is 15.0. The van der Waals surface area contributed by atoms with Gasteiger partial charge in [-0.05, 0) is 37.0 Å². The van der Waals surface area contributed by atoms with E-state index in [0.717, 1.165) is 16.5 Å². The number of carboxylic acids is 1. The van der Waals surface area contributed by atoms with Crippen LogP contribution in [0.3, 0.4) is 0 Å². The number of nitrogens with zero attached hydrogens (tertiary/aromatic N) is 1. The number of imidazole rings is 1. The lowest BCUT2D eigenvalue weighted by Gasteiger charge is -2.25. The number of fused-ring (bicyclic) bond motifs is 1.